The maximum Gasteiger partial charge on any atom is 0.241 e. The van der Waals surface area contributed by atoms with Crippen LogP contribution < -0.4 is 14.4 Å². The summed E-state index contributed by atoms with van der Waals surface area (Å²) in [5.41, 5.74) is 3.65. The van der Waals surface area contributed by atoms with Crippen LogP contribution in [-0.2, 0) is 14.8 Å². The molecule has 3 rings (SSSR count). The van der Waals surface area contributed by atoms with Crippen LogP contribution in [0, 0.1) is 13.8 Å². The van der Waals surface area contributed by atoms with Gasteiger partial charge in [-0.05, 0) is 56.0 Å². The highest BCUT2D eigenvalue weighted by atomic mass is 32.2. The number of nitrogens with zero attached hydrogens (tertiary/aromatic N) is 1. The first-order valence-electron chi connectivity index (χ1n) is 9.84. The molecule has 0 radical (unpaired) electrons. The molecule has 0 saturated carbocycles. The van der Waals surface area contributed by atoms with Crippen LogP contribution in [0.4, 0.5) is 5.69 Å². The van der Waals surface area contributed by atoms with Gasteiger partial charge >= 0.3 is 0 Å². The lowest BCUT2D eigenvalue weighted by atomic mass is 9.98. The van der Waals surface area contributed by atoms with Crippen LogP contribution in [0.1, 0.15) is 48.9 Å². The molecule has 0 spiro atoms. The Hall–Kier alpha value is -2.38. The summed E-state index contributed by atoms with van der Waals surface area (Å²) >= 11 is 0. The number of nitrogens with one attached hydrogen (secondary N) is 1. The summed E-state index contributed by atoms with van der Waals surface area (Å²) in [7, 11) is -2.27. The van der Waals surface area contributed by atoms with Crippen molar-refractivity contribution >= 4 is 21.6 Å². The molecule has 6 nitrogen and oxygen atoms in total. The van der Waals surface area contributed by atoms with E-state index < -0.39 is 10.0 Å². The molecule has 1 aliphatic heterocycles. The Bertz CT molecular complexity index is 1020. The van der Waals surface area contributed by atoms with Gasteiger partial charge in [-0.15, -0.1) is 0 Å². The minimum Gasteiger partial charge on any atom is -0.495 e. The summed E-state index contributed by atoms with van der Waals surface area (Å²) < 4.78 is 34.5. The maximum absolute atomic E-state index is 13.1. The van der Waals surface area contributed by atoms with Gasteiger partial charge in [0.05, 0.1) is 17.7 Å². The highest BCUT2D eigenvalue weighted by molar-refractivity contribution is 7.89. The van der Waals surface area contributed by atoms with E-state index in [1.54, 1.807) is 11.0 Å². The van der Waals surface area contributed by atoms with Gasteiger partial charge in [-0.1, -0.05) is 30.7 Å². The molecule has 156 valence electrons. The van der Waals surface area contributed by atoms with E-state index in [-0.39, 0.29) is 16.8 Å². The number of hydrogen-bond donors (Lipinski definition) is 1. The molecule has 0 bridgehead atoms. The minimum absolute atomic E-state index is 0.0208. The van der Waals surface area contributed by atoms with Gasteiger partial charge in [-0.2, -0.15) is 0 Å². The Kier molecular flexibility index (Phi) is 6.29. The van der Waals surface area contributed by atoms with E-state index in [4.69, 9.17) is 4.74 Å². The van der Waals surface area contributed by atoms with Crippen LogP contribution in [0.2, 0.25) is 0 Å². The van der Waals surface area contributed by atoms with Crippen molar-refractivity contribution in [3.05, 3.63) is 53.1 Å². The van der Waals surface area contributed by atoms with Crippen molar-refractivity contribution in [3.63, 3.8) is 0 Å². The number of amides is 1. The van der Waals surface area contributed by atoms with Crippen LogP contribution in [0.15, 0.2) is 41.3 Å². The molecule has 1 amide bonds. The smallest absolute Gasteiger partial charge is 0.241 e. The molecule has 0 unspecified atom stereocenters. The zero-order valence-corrected chi connectivity index (χ0v) is 18.2. The van der Waals surface area contributed by atoms with Gasteiger partial charge in [0.25, 0.3) is 0 Å². The molecule has 1 heterocycles. The Morgan fingerprint density at radius 2 is 1.93 bits per heavy atom. The van der Waals surface area contributed by atoms with Gasteiger partial charge in [0.15, 0.2) is 0 Å². The number of anilines is 1. The molecule has 0 aliphatic carbocycles. The molecule has 1 aliphatic rings. The lowest BCUT2D eigenvalue weighted by molar-refractivity contribution is -0.117. The zero-order valence-electron chi connectivity index (χ0n) is 17.4. The van der Waals surface area contributed by atoms with Crippen molar-refractivity contribution < 1.29 is 17.9 Å². The molecular weight excluding hydrogens is 388 g/mol. The summed E-state index contributed by atoms with van der Waals surface area (Å²) in [5, 5.41) is 0. The number of methoxy groups -OCH3 is 1. The summed E-state index contributed by atoms with van der Waals surface area (Å²) in [6.07, 6.45) is 1.83. The molecule has 1 fully saturated rings. The van der Waals surface area contributed by atoms with Crippen LogP contribution in [0.5, 0.6) is 5.75 Å². The van der Waals surface area contributed by atoms with Crippen molar-refractivity contribution in [2.75, 3.05) is 18.6 Å². The normalized spacial score (nSPS) is 15.6. The quantitative estimate of drug-likeness (QED) is 0.743. The van der Waals surface area contributed by atoms with Gasteiger partial charge in [0.1, 0.15) is 5.75 Å². The average Bonchev–Trinajstić information content (AvgIpc) is 3.11. The van der Waals surface area contributed by atoms with Gasteiger partial charge in [-0.25, -0.2) is 13.1 Å². The molecule has 7 heteroatoms. The van der Waals surface area contributed by atoms with Crippen molar-refractivity contribution in [1.29, 1.82) is 0 Å². The second-order valence-corrected chi connectivity index (χ2v) is 9.14. The molecule has 1 saturated heterocycles. The first-order valence-corrected chi connectivity index (χ1v) is 11.3. The first-order chi connectivity index (χ1) is 13.8. The largest absolute Gasteiger partial charge is 0.495 e. The third-order valence-corrected chi connectivity index (χ3v) is 6.80. The van der Waals surface area contributed by atoms with Gasteiger partial charge in [-0.3, -0.25) is 4.79 Å². The standard InChI is InChI=1S/C22H28N2O4S/c1-5-19(18-10-8-15(2)13-16(18)3)23-29(26,27)17-9-11-21(28-4)20(14-17)24-12-6-7-22(24)25/h8-11,13-14,19,23H,5-7,12H2,1-4H3/t19-/m0/s1. The van der Waals surface area contributed by atoms with Crippen molar-refractivity contribution in [1.82, 2.24) is 4.72 Å². The van der Waals surface area contributed by atoms with E-state index in [1.807, 2.05) is 32.9 Å². The Morgan fingerprint density at radius 1 is 1.17 bits per heavy atom. The molecular formula is C22H28N2O4S. The Labute approximate surface area is 172 Å². The van der Waals surface area contributed by atoms with Gasteiger partial charge < -0.3 is 9.64 Å². The van der Waals surface area contributed by atoms with E-state index in [9.17, 15) is 13.2 Å². The number of hydrogen-bond acceptors (Lipinski definition) is 4. The summed E-state index contributed by atoms with van der Waals surface area (Å²) in [4.78, 5) is 13.9. The Morgan fingerprint density at radius 3 is 2.52 bits per heavy atom. The zero-order chi connectivity index (χ0) is 21.2. The first kappa shape index (κ1) is 21.3. The van der Waals surface area contributed by atoms with Crippen LogP contribution in [-0.4, -0.2) is 28.0 Å². The molecule has 1 N–H and O–H groups in total. The highest BCUT2D eigenvalue weighted by Gasteiger charge is 2.27. The predicted octanol–water partition coefficient (Wildman–Crippen LogP) is 3.87. The monoisotopic (exact) mass is 416 g/mol. The number of carbonyl (C=O) groups is 1. The van der Waals surface area contributed by atoms with E-state index in [0.29, 0.717) is 30.8 Å². The second kappa shape index (κ2) is 8.55. The van der Waals surface area contributed by atoms with Gasteiger partial charge in [0.2, 0.25) is 15.9 Å². The molecule has 1 atom stereocenters. The highest BCUT2D eigenvalue weighted by Crippen LogP contribution is 2.34. The molecule has 0 aromatic heterocycles. The third-order valence-electron chi connectivity index (χ3n) is 5.33. The fraction of sp³-hybridized carbons (Fsp3) is 0.409. The number of ether oxygens (including phenoxy) is 1. The van der Waals surface area contributed by atoms with Crippen molar-refractivity contribution in [2.45, 2.75) is 51.0 Å². The summed E-state index contributed by atoms with van der Waals surface area (Å²) in [5.74, 6) is 0.466. The molecule has 29 heavy (non-hydrogen) atoms. The van der Waals surface area contributed by atoms with Crippen LogP contribution >= 0.6 is 0 Å². The van der Waals surface area contributed by atoms with Gasteiger partial charge in [0, 0.05) is 19.0 Å². The molecule has 2 aromatic carbocycles. The lowest BCUT2D eigenvalue weighted by Crippen LogP contribution is -2.29. The topological polar surface area (TPSA) is 75.7 Å². The van der Waals surface area contributed by atoms with Crippen molar-refractivity contribution in [2.24, 2.45) is 0 Å². The predicted molar refractivity (Wildman–Crippen MR) is 114 cm³/mol. The number of benzene rings is 2. The molecule has 2 aromatic rings. The SMILES string of the molecule is CC[C@H](NS(=O)(=O)c1ccc(OC)c(N2CCCC2=O)c1)c1ccc(C)cc1C. The average molecular weight is 417 g/mol. The third kappa shape index (κ3) is 4.46. The summed E-state index contributed by atoms with van der Waals surface area (Å²) in [6.45, 7) is 6.52. The fourth-order valence-electron chi connectivity index (χ4n) is 3.79. The van der Waals surface area contributed by atoms with Crippen LogP contribution in [0.3, 0.4) is 0 Å². The lowest BCUT2D eigenvalue weighted by Gasteiger charge is -2.22. The maximum atomic E-state index is 13.1. The van der Waals surface area contributed by atoms with Crippen molar-refractivity contribution in [3.8, 4) is 5.75 Å². The second-order valence-electron chi connectivity index (χ2n) is 7.42. The fourth-order valence-corrected chi connectivity index (χ4v) is 5.11. The van der Waals surface area contributed by atoms with Crippen LogP contribution in [0.25, 0.3) is 0 Å². The van der Waals surface area contributed by atoms with E-state index >= 15 is 0 Å². The number of aryl methyl sites for hydroxylation is 2. The number of rotatable bonds is 7. The Balaban J connectivity index is 1.95. The van der Waals surface area contributed by atoms with E-state index in [2.05, 4.69) is 10.8 Å². The van der Waals surface area contributed by atoms with E-state index in [0.717, 1.165) is 23.1 Å². The minimum atomic E-state index is -3.78. The van der Waals surface area contributed by atoms with E-state index in [1.165, 1.54) is 19.2 Å². The number of sulfonamides is 1. The number of carbonyl (C=O) groups excluding carboxylic acids is 1. The summed E-state index contributed by atoms with van der Waals surface area (Å²) in [6, 6.07) is 10.3.